The summed E-state index contributed by atoms with van der Waals surface area (Å²) in [5.41, 5.74) is 2.59. The number of hydrogen-bond donors (Lipinski definition) is 1. The number of rotatable bonds is 9. The van der Waals surface area contributed by atoms with Gasteiger partial charge in [0.2, 0.25) is 15.9 Å². The fraction of sp³-hybridized carbons (Fsp3) is 0.480. The Bertz CT molecular complexity index is 1100. The number of likely N-dealkylation sites (tertiary alicyclic amines) is 1. The van der Waals surface area contributed by atoms with Gasteiger partial charge in [0, 0.05) is 19.2 Å². The van der Waals surface area contributed by atoms with E-state index in [9.17, 15) is 13.2 Å². The number of carbonyl (C=O) groups excluding carboxylic acids is 1. The minimum atomic E-state index is -3.67. The number of fused-ring (bicyclic) bond motifs is 1. The molecule has 1 N–H and O–H groups in total. The van der Waals surface area contributed by atoms with E-state index in [1.54, 1.807) is 25.1 Å². The Morgan fingerprint density at radius 2 is 1.74 bits per heavy atom. The van der Waals surface area contributed by atoms with Crippen LogP contribution in [0.25, 0.3) is 0 Å². The fourth-order valence-electron chi connectivity index (χ4n) is 4.29. The van der Waals surface area contributed by atoms with E-state index in [2.05, 4.69) is 22.3 Å². The van der Waals surface area contributed by atoms with Crippen LogP contribution in [0, 0.1) is 0 Å². The zero-order chi connectivity index (χ0) is 24.0. The Hall–Kier alpha value is -2.78. The summed E-state index contributed by atoms with van der Waals surface area (Å²) >= 11 is 0. The van der Waals surface area contributed by atoms with Crippen molar-refractivity contribution in [2.75, 3.05) is 42.9 Å². The fourth-order valence-corrected chi connectivity index (χ4v) is 5.35. The van der Waals surface area contributed by atoms with Crippen LogP contribution in [0.15, 0.2) is 42.5 Å². The molecule has 2 aromatic carbocycles. The van der Waals surface area contributed by atoms with Crippen LogP contribution in [0.4, 0.5) is 5.69 Å². The van der Waals surface area contributed by atoms with Crippen LogP contribution in [0.2, 0.25) is 0 Å². The molecule has 2 heterocycles. The third-order valence-corrected chi connectivity index (χ3v) is 7.88. The second-order valence-electron chi connectivity index (χ2n) is 8.67. The van der Waals surface area contributed by atoms with Crippen LogP contribution in [0.5, 0.6) is 11.5 Å². The molecule has 0 unspecified atom stereocenters. The van der Waals surface area contributed by atoms with Gasteiger partial charge in [0.1, 0.15) is 19.8 Å². The van der Waals surface area contributed by atoms with Crippen LogP contribution in [0.1, 0.15) is 37.3 Å². The molecule has 184 valence electrons. The van der Waals surface area contributed by atoms with E-state index in [-0.39, 0.29) is 18.2 Å². The summed E-state index contributed by atoms with van der Waals surface area (Å²) in [7, 11) is -3.67. The largest absolute Gasteiger partial charge is 0.486 e. The number of hydrogen-bond acceptors (Lipinski definition) is 6. The highest BCUT2D eigenvalue weighted by atomic mass is 32.2. The van der Waals surface area contributed by atoms with E-state index in [1.165, 1.54) is 24.8 Å². The SMILES string of the molecule is CCS(=O)(=O)N(CC(=O)NCc1cccc(CN2CCCCC2)c1)c1ccc2c(c1)OCCO2. The van der Waals surface area contributed by atoms with Crippen molar-refractivity contribution in [2.24, 2.45) is 0 Å². The molecule has 0 aliphatic carbocycles. The lowest BCUT2D eigenvalue weighted by molar-refractivity contribution is -0.119. The van der Waals surface area contributed by atoms with E-state index >= 15 is 0 Å². The molecule has 8 nitrogen and oxygen atoms in total. The maximum absolute atomic E-state index is 12.8. The molecule has 0 aromatic heterocycles. The van der Waals surface area contributed by atoms with Gasteiger partial charge in [0.05, 0.1) is 11.4 Å². The minimum absolute atomic E-state index is 0.118. The summed E-state index contributed by atoms with van der Waals surface area (Å²) in [6, 6.07) is 13.1. The maximum Gasteiger partial charge on any atom is 0.241 e. The number of ether oxygens (including phenoxy) is 2. The van der Waals surface area contributed by atoms with Gasteiger partial charge in [0.15, 0.2) is 11.5 Å². The Morgan fingerprint density at radius 3 is 2.50 bits per heavy atom. The monoisotopic (exact) mass is 487 g/mol. The van der Waals surface area contributed by atoms with Crippen molar-refractivity contribution in [1.29, 1.82) is 0 Å². The minimum Gasteiger partial charge on any atom is -0.486 e. The molecule has 0 radical (unpaired) electrons. The van der Waals surface area contributed by atoms with Crippen molar-refractivity contribution in [1.82, 2.24) is 10.2 Å². The highest BCUT2D eigenvalue weighted by Gasteiger charge is 2.25. The second kappa shape index (κ2) is 11.1. The number of carbonyl (C=O) groups is 1. The van der Waals surface area contributed by atoms with Crippen molar-refractivity contribution in [3.63, 3.8) is 0 Å². The quantitative estimate of drug-likeness (QED) is 0.585. The molecular formula is C25H33N3O5S. The van der Waals surface area contributed by atoms with E-state index in [0.717, 1.165) is 29.5 Å². The first-order valence-corrected chi connectivity index (χ1v) is 13.5. The van der Waals surface area contributed by atoms with Gasteiger partial charge >= 0.3 is 0 Å². The zero-order valence-corrected chi connectivity index (χ0v) is 20.5. The molecule has 2 aromatic rings. The molecule has 1 fully saturated rings. The molecular weight excluding hydrogens is 454 g/mol. The lowest BCUT2D eigenvalue weighted by Gasteiger charge is -2.26. The molecule has 9 heteroatoms. The molecule has 1 amide bonds. The Kier molecular flexibility index (Phi) is 7.95. The highest BCUT2D eigenvalue weighted by Crippen LogP contribution is 2.34. The number of nitrogens with one attached hydrogen (secondary N) is 1. The van der Waals surface area contributed by atoms with Crippen LogP contribution in [-0.4, -0.2) is 57.8 Å². The maximum atomic E-state index is 12.8. The molecule has 34 heavy (non-hydrogen) atoms. The van der Waals surface area contributed by atoms with Crippen molar-refractivity contribution in [3.8, 4) is 11.5 Å². The Labute approximate surface area is 201 Å². The number of nitrogens with zero attached hydrogens (tertiary/aromatic N) is 2. The third kappa shape index (κ3) is 6.21. The molecule has 4 rings (SSSR count). The lowest BCUT2D eigenvalue weighted by atomic mass is 10.1. The number of piperidine rings is 1. The Balaban J connectivity index is 1.40. The molecule has 0 bridgehead atoms. The number of anilines is 1. The molecule has 2 aliphatic heterocycles. The number of benzene rings is 2. The van der Waals surface area contributed by atoms with E-state index in [4.69, 9.17) is 9.47 Å². The summed E-state index contributed by atoms with van der Waals surface area (Å²) in [5, 5.41) is 2.87. The summed E-state index contributed by atoms with van der Waals surface area (Å²) in [5.74, 6) is 0.560. The van der Waals surface area contributed by atoms with Gasteiger partial charge < -0.3 is 14.8 Å². The van der Waals surface area contributed by atoms with Crippen molar-refractivity contribution in [3.05, 3.63) is 53.6 Å². The number of sulfonamides is 1. The summed E-state index contributed by atoms with van der Waals surface area (Å²) in [6.45, 7) is 5.61. The van der Waals surface area contributed by atoms with Crippen LogP contribution in [-0.2, 0) is 27.9 Å². The Morgan fingerprint density at radius 1 is 1.00 bits per heavy atom. The van der Waals surface area contributed by atoms with Crippen molar-refractivity contribution < 1.29 is 22.7 Å². The summed E-state index contributed by atoms with van der Waals surface area (Å²) in [4.78, 5) is 15.2. The van der Waals surface area contributed by atoms with E-state index < -0.39 is 10.0 Å². The first kappa shape index (κ1) is 24.3. The van der Waals surface area contributed by atoms with Gasteiger partial charge in [-0.25, -0.2) is 8.42 Å². The van der Waals surface area contributed by atoms with E-state index in [1.807, 2.05) is 12.1 Å². The third-order valence-electron chi connectivity index (χ3n) is 6.14. The van der Waals surface area contributed by atoms with Gasteiger partial charge in [0.25, 0.3) is 0 Å². The van der Waals surface area contributed by atoms with Gasteiger partial charge in [-0.3, -0.25) is 14.0 Å². The summed E-state index contributed by atoms with van der Waals surface area (Å²) < 4.78 is 37.8. The molecule has 0 spiro atoms. The van der Waals surface area contributed by atoms with Gasteiger partial charge in [-0.05, 0) is 56.1 Å². The van der Waals surface area contributed by atoms with Crippen LogP contribution in [0.3, 0.4) is 0 Å². The second-order valence-corrected chi connectivity index (χ2v) is 10.9. The van der Waals surface area contributed by atoms with Crippen molar-refractivity contribution >= 4 is 21.6 Å². The molecule has 0 saturated carbocycles. The zero-order valence-electron chi connectivity index (χ0n) is 19.7. The van der Waals surface area contributed by atoms with Crippen LogP contribution < -0.4 is 19.1 Å². The predicted octanol–water partition coefficient (Wildman–Crippen LogP) is 2.92. The molecule has 0 atom stereocenters. The molecule has 1 saturated heterocycles. The van der Waals surface area contributed by atoms with Crippen LogP contribution >= 0.6 is 0 Å². The average Bonchev–Trinajstić information content (AvgIpc) is 2.86. The predicted molar refractivity (Wildman–Crippen MR) is 132 cm³/mol. The van der Waals surface area contributed by atoms with Gasteiger partial charge in [-0.2, -0.15) is 0 Å². The number of amides is 1. The normalized spacial score (nSPS) is 16.1. The highest BCUT2D eigenvalue weighted by molar-refractivity contribution is 7.92. The topological polar surface area (TPSA) is 88.2 Å². The standard InChI is InChI=1S/C25H33N3O5S/c1-2-34(30,31)28(22-9-10-23-24(16-22)33-14-13-32-23)19-25(29)26-17-20-7-6-8-21(15-20)18-27-11-4-3-5-12-27/h6-10,15-16H,2-5,11-14,17-19H2,1H3,(H,26,29). The van der Waals surface area contributed by atoms with E-state index in [0.29, 0.717) is 36.9 Å². The van der Waals surface area contributed by atoms with Gasteiger partial charge in [-0.15, -0.1) is 0 Å². The smallest absolute Gasteiger partial charge is 0.241 e. The van der Waals surface area contributed by atoms with Crippen molar-refractivity contribution in [2.45, 2.75) is 39.3 Å². The summed E-state index contributed by atoms with van der Waals surface area (Å²) in [6.07, 6.45) is 3.80. The average molecular weight is 488 g/mol. The lowest BCUT2D eigenvalue weighted by Crippen LogP contribution is -2.41. The first-order valence-electron chi connectivity index (χ1n) is 11.9. The molecule has 2 aliphatic rings. The van der Waals surface area contributed by atoms with Gasteiger partial charge in [-0.1, -0.05) is 30.7 Å². The first-order chi connectivity index (χ1) is 16.4.